The number of phenolic OH excluding ortho intramolecular Hbond substituents is 1. The van der Waals surface area contributed by atoms with E-state index in [1.54, 1.807) is 43.6 Å². The van der Waals surface area contributed by atoms with Crippen molar-refractivity contribution in [2.75, 3.05) is 0 Å². The Kier molecular flexibility index (Phi) is 2.49. The lowest BCUT2D eigenvalue weighted by Crippen LogP contribution is -1.92. The smallest absolute Gasteiger partial charge is 0.321 e. The monoisotopic (exact) mass is 202 g/mol. The minimum Gasteiger partial charge on any atom is -0.508 e. The van der Waals surface area contributed by atoms with Crippen LogP contribution in [-0.2, 0) is 0 Å². The van der Waals surface area contributed by atoms with Gasteiger partial charge in [0.05, 0.1) is 0 Å². The number of nitrogens with zero attached hydrogens (tertiary/aromatic N) is 2. The number of benzene rings is 1. The molecule has 0 saturated heterocycles. The first-order chi connectivity index (χ1) is 7.27. The van der Waals surface area contributed by atoms with Gasteiger partial charge in [-0.2, -0.15) is 0 Å². The molecule has 0 fully saturated rings. The third-order valence-corrected chi connectivity index (χ3v) is 2.00. The minimum atomic E-state index is 0.198. The van der Waals surface area contributed by atoms with Crippen LogP contribution in [0.25, 0.3) is 0 Å². The maximum atomic E-state index is 9.46. The fraction of sp³-hybridized carbons (Fsp3) is 0.0909. The van der Waals surface area contributed by atoms with Crippen LogP contribution in [0.5, 0.6) is 17.5 Å². The predicted molar refractivity (Wildman–Crippen MR) is 54.9 cm³/mol. The number of hydrogen-bond donors (Lipinski definition) is 1. The van der Waals surface area contributed by atoms with Crippen LogP contribution in [0.15, 0.2) is 36.7 Å². The number of hydrogen-bond acceptors (Lipinski definition) is 4. The molecule has 15 heavy (non-hydrogen) atoms. The fourth-order valence-corrected chi connectivity index (χ4v) is 1.15. The molecule has 0 saturated carbocycles. The van der Waals surface area contributed by atoms with Gasteiger partial charge in [-0.1, -0.05) is 6.07 Å². The first-order valence-electron chi connectivity index (χ1n) is 4.51. The summed E-state index contributed by atoms with van der Waals surface area (Å²) in [6.45, 7) is 1.77. The molecule has 2 aromatic rings. The Morgan fingerprint density at radius 3 is 2.60 bits per heavy atom. The van der Waals surface area contributed by atoms with Crippen LogP contribution in [0.4, 0.5) is 0 Å². The van der Waals surface area contributed by atoms with Crippen molar-refractivity contribution < 1.29 is 9.84 Å². The van der Waals surface area contributed by atoms with E-state index in [1.807, 2.05) is 0 Å². The van der Waals surface area contributed by atoms with Crippen LogP contribution in [0.2, 0.25) is 0 Å². The summed E-state index contributed by atoms with van der Waals surface area (Å²) in [5.74, 6) is 0.754. The lowest BCUT2D eigenvalue weighted by molar-refractivity contribution is 0.425. The highest BCUT2D eigenvalue weighted by Crippen LogP contribution is 2.28. The summed E-state index contributed by atoms with van der Waals surface area (Å²) in [6, 6.07) is 7.05. The Bertz CT molecular complexity index is 457. The second-order valence-electron chi connectivity index (χ2n) is 3.03. The van der Waals surface area contributed by atoms with Crippen molar-refractivity contribution in [3.8, 4) is 17.5 Å². The molecule has 1 aromatic heterocycles. The Balaban J connectivity index is 2.29. The van der Waals surface area contributed by atoms with Gasteiger partial charge in [-0.25, -0.2) is 9.97 Å². The summed E-state index contributed by atoms with van der Waals surface area (Å²) in [7, 11) is 0. The highest BCUT2D eigenvalue weighted by molar-refractivity contribution is 5.43. The van der Waals surface area contributed by atoms with Gasteiger partial charge in [0.15, 0.2) is 0 Å². The highest BCUT2D eigenvalue weighted by Gasteiger charge is 2.05. The van der Waals surface area contributed by atoms with Crippen LogP contribution in [-0.4, -0.2) is 15.1 Å². The Morgan fingerprint density at radius 2 is 1.87 bits per heavy atom. The van der Waals surface area contributed by atoms with Crippen LogP contribution in [0, 0.1) is 6.92 Å². The van der Waals surface area contributed by atoms with E-state index < -0.39 is 0 Å². The molecule has 0 aliphatic carbocycles. The molecule has 4 heteroatoms. The molecule has 4 nitrogen and oxygen atoms in total. The van der Waals surface area contributed by atoms with E-state index in [9.17, 15) is 5.11 Å². The largest absolute Gasteiger partial charge is 0.508 e. The number of rotatable bonds is 2. The zero-order valence-electron chi connectivity index (χ0n) is 8.21. The average Bonchev–Trinajstić information content (AvgIpc) is 2.26. The van der Waals surface area contributed by atoms with Gasteiger partial charge in [0.25, 0.3) is 0 Å². The van der Waals surface area contributed by atoms with Gasteiger partial charge in [0, 0.05) is 18.0 Å². The zero-order chi connectivity index (χ0) is 10.7. The molecule has 76 valence electrons. The molecule has 0 amide bonds. The van der Waals surface area contributed by atoms with E-state index in [2.05, 4.69) is 9.97 Å². The molecular formula is C11H10N2O2. The van der Waals surface area contributed by atoms with E-state index >= 15 is 0 Å². The molecule has 1 aromatic carbocycles. The predicted octanol–water partition coefficient (Wildman–Crippen LogP) is 2.28. The summed E-state index contributed by atoms with van der Waals surface area (Å²) < 4.78 is 5.41. The van der Waals surface area contributed by atoms with Crippen LogP contribution in [0.1, 0.15) is 5.56 Å². The van der Waals surface area contributed by atoms with Crippen molar-refractivity contribution in [1.29, 1.82) is 0 Å². The number of aromatic nitrogens is 2. The van der Waals surface area contributed by atoms with Gasteiger partial charge < -0.3 is 9.84 Å². The van der Waals surface area contributed by atoms with Crippen molar-refractivity contribution in [2.45, 2.75) is 6.92 Å². The second kappa shape index (κ2) is 3.96. The highest BCUT2D eigenvalue weighted by atomic mass is 16.5. The van der Waals surface area contributed by atoms with E-state index in [0.717, 1.165) is 0 Å². The average molecular weight is 202 g/mol. The third kappa shape index (κ3) is 2.04. The summed E-state index contributed by atoms with van der Waals surface area (Å²) in [4.78, 5) is 7.86. The van der Waals surface area contributed by atoms with Gasteiger partial charge in [0.2, 0.25) is 0 Å². The van der Waals surface area contributed by atoms with Gasteiger partial charge in [0.1, 0.15) is 11.5 Å². The molecule has 0 atom stereocenters. The van der Waals surface area contributed by atoms with Crippen LogP contribution >= 0.6 is 0 Å². The fourth-order valence-electron chi connectivity index (χ4n) is 1.15. The zero-order valence-corrected chi connectivity index (χ0v) is 8.21. The number of ether oxygens (including phenoxy) is 1. The van der Waals surface area contributed by atoms with E-state index in [1.165, 1.54) is 0 Å². The lowest BCUT2D eigenvalue weighted by atomic mass is 10.2. The molecule has 1 heterocycles. The molecular weight excluding hydrogens is 192 g/mol. The molecule has 1 N–H and O–H groups in total. The topological polar surface area (TPSA) is 55.2 Å². The minimum absolute atomic E-state index is 0.198. The number of phenols is 1. The van der Waals surface area contributed by atoms with E-state index in [0.29, 0.717) is 11.3 Å². The molecule has 0 unspecified atom stereocenters. The maximum Gasteiger partial charge on any atom is 0.321 e. The van der Waals surface area contributed by atoms with Gasteiger partial charge in [-0.05, 0) is 25.1 Å². The summed E-state index contributed by atoms with van der Waals surface area (Å²) in [5.41, 5.74) is 0.671. The molecule has 0 spiro atoms. The van der Waals surface area contributed by atoms with Gasteiger partial charge >= 0.3 is 6.01 Å². The Hall–Kier alpha value is -2.10. The van der Waals surface area contributed by atoms with E-state index in [4.69, 9.17) is 4.74 Å². The summed E-state index contributed by atoms with van der Waals surface area (Å²) >= 11 is 0. The maximum absolute atomic E-state index is 9.46. The molecule has 2 rings (SSSR count). The van der Waals surface area contributed by atoms with Crippen molar-refractivity contribution in [2.24, 2.45) is 0 Å². The molecule has 0 aliphatic rings. The Labute approximate surface area is 87.2 Å². The lowest BCUT2D eigenvalue weighted by Gasteiger charge is -2.07. The van der Waals surface area contributed by atoms with Crippen LogP contribution < -0.4 is 4.74 Å². The third-order valence-electron chi connectivity index (χ3n) is 2.00. The Morgan fingerprint density at radius 1 is 1.13 bits per heavy atom. The molecule has 0 aliphatic heterocycles. The SMILES string of the molecule is Cc1c(O)cccc1Oc1ncccn1. The summed E-state index contributed by atoms with van der Waals surface area (Å²) in [6.07, 6.45) is 3.20. The van der Waals surface area contributed by atoms with E-state index in [-0.39, 0.29) is 11.8 Å². The van der Waals surface area contributed by atoms with Crippen molar-refractivity contribution >= 4 is 0 Å². The number of aromatic hydroxyl groups is 1. The summed E-state index contributed by atoms with van der Waals surface area (Å²) in [5, 5.41) is 9.46. The van der Waals surface area contributed by atoms with Crippen molar-refractivity contribution in [3.05, 3.63) is 42.2 Å². The van der Waals surface area contributed by atoms with Crippen molar-refractivity contribution in [3.63, 3.8) is 0 Å². The van der Waals surface area contributed by atoms with Gasteiger partial charge in [-0.15, -0.1) is 0 Å². The molecule has 0 radical (unpaired) electrons. The van der Waals surface area contributed by atoms with Crippen LogP contribution in [0.3, 0.4) is 0 Å². The van der Waals surface area contributed by atoms with Crippen molar-refractivity contribution in [1.82, 2.24) is 9.97 Å². The second-order valence-corrected chi connectivity index (χ2v) is 3.03. The standard InChI is InChI=1S/C11H10N2O2/c1-8-9(14)4-2-5-10(8)15-11-12-6-3-7-13-11/h2-7,14H,1H3. The first kappa shape index (κ1) is 9.45. The normalized spacial score (nSPS) is 9.93. The molecule has 0 bridgehead atoms. The quantitative estimate of drug-likeness (QED) is 0.811. The van der Waals surface area contributed by atoms with Gasteiger partial charge in [-0.3, -0.25) is 0 Å². The first-order valence-corrected chi connectivity index (χ1v) is 4.51.